The van der Waals surface area contributed by atoms with Crippen LogP contribution in [0.1, 0.15) is 57.8 Å². The van der Waals surface area contributed by atoms with E-state index >= 15 is 0 Å². The molecule has 0 radical (unpaired) electrons. The molecule has 4 aliphatic carbocycles. The predicted molar refractivity (Wildman–Crippen MR) is 118 cm³/mol. The Morgan fingerprint density at radius 2 is 1.83 bits per heavy atom. The van der Waals surface area contributed by atoms with Crippen molar-refractivity contribution in [1.82, 2.24) is 4.90 Å². The Kier molecular flexibility index (Phi) is 5.00. The Labute approximate surface area is 181 Å². The van der Waals surface area contributed by atoms with Crippen LogP contribution in [0.5, 0.6) is 0 Å². The molecule has 1 aromatic carbocycles. The summed E-state index contributed by atoms with van der Waals surface area (Å²) >= 11 is 4.06. The molecule has 1 heterocycles. The minimum Gasteiger partial charge on any atom is -0.342 e. The number of rotatable bonds is 4. The number of para-hydroxylation sites is 1. The van der Waals surface area contributed by atoms with E-state index in [1.807, 2.05) is 35.2 Å². The lowest BCUT2D eigenvalue weighted by Crippen LogP contribution is -2.54. The van der Waals surface area contributed by atoms with Crippen molar-refractivity contribution >= 4 is 33.4 Å². The van der Waals surface area contributed by atoms with Crippen molar-refractivity contribution in [2.45, 2.75) is 62.1 Å². The molecule has 0 aromatic heterocycles. The summed E-state index contributed by atoms with van der Waals surface area (Å²) in [5.41, 5.74) is 1.03. The summed E-state index contributed by atoms with van der Waals surface area (Å²) < 4.78 is 0.289. The maximum Gasteiger partial charge on any atom is 0.229 e. The van der Waals surface area contributed by atoms with Crippen molar-refractivity contribution in [1.29, 1.82) is 0 Å². The molecule has 6 rings (SSSR count). The highest BCUT2D eigenvalue weighted by Gasteiger charge is 2.57. The highest BCUT2D eigenvalue weighted by atomic mass is 79.9. The average molecular weight is 459 g/mol. The molecule has 4 nitrogen and oxygen atoms in total. The van der Waals surface area contributed by atoms with E-state index in [1.54, 1.807) is 0 Å². The molecule has 5 heteroatoms. The number of halogens is 1. The number of nitrogens with one attached hydrogen (secondary N) is 1. The maximum absolute atomic E-state index is 13.3. The summed E-state index contributed by atoms with van der Waals surface area (Å²) in [6, 6.07) is 9.61. The lowest BCUT2D eigenvalue weighted by molar-refractivity contribution is -0.141. The van der Waals surface area contributed by atoms with Crippen molar-refractivity contribution < 1.29 is 9.59 Å². The number of alkyl halides is 1. The van der Waals surface area contributed by atoms with Crippen molar-refractivity contribution in [3.63, 3.8) is 0 Å². The standard InChI is InChI=1S/C24H31BrN2O2/c25-24-12-17-9-18(13-24)11-23(10-17,16-24)14-21(28)27-8-4-5-19(15-27)22(29)26-20-6-2-1-3-7-20/h1-3,6-7,17-19H,4-5,8-16H2,(H,26,29). The Hall–Kier alpha value is -1.36. The first-order valence-electron chi connectivity index (χ1n) is 11.2. The summed E-state index contributed by atoms with van der Waals surface area (Å²) in [5, 5.41) is 3.02. The molecule has 3 atom stereocenters. The first-order chi connectivity index (χ1) is 13.9. The fraction of sp³-hybridized carbons (Fsp3) is 0.667. The highest BCUT2D eigenvalue weighted by Crippen LogP contribution is 2.65. The van der Waals surface area contributed by atoms with E-state index in [1.165, 1.54) is 32.1 Å². The van der Waals surface area contributed by atoms with Gasteiger partial charge in [-0.15, -0.1) is 0 Å². The van der Waals surface area contributed by atoms with Gasteiger partial charge in [-0.05, 0) is 80.8 Å². The van der Waals surface area contributed by atoms with Crippen LogP contribution in [0.3, 0.4) is 0 Å². The van der Waals surface area contributed by atoms with Gasteiger partial charge in [-0.3, -0.25) is 9.59 Å². The van der Waals surface area contributed by atoms with Crippen molar-refractivity contribution in [2.75, 3.05) is 18.4 Å². The molecule has 156 valence electrons. The lowest BCUT2D eigenvalue weighted by Gasteiger charge is -2.60. The topological polar surface area (TPSA) is 49.4 Å². The second kappa shape index (κ2) is 7.40. The van der Waals surface area contributed by atoms with E-state index in [4.69, 9.17) is 0 Å². The number of piperidine rings is 1. The number of hydrogen-bond acceptors (Lipinski definition) is 2. The number of hydrogen-bond donors (Lipinski definition) is 1. The molecular weight excluding hydrogens is 428 g/mol. The van der Waals surface area contributed by atoms with Gasteiger partial charge in [-0.1, -0.05) is 34.1 Å². The number of carbonyl (C=O) groups is 2. The summed E-state index contributed by atoms with van der Waals surface area (Å²) in [5.74, 6) is 1.82. The fourth-order valence-electron chi connectivity index (χ4n) is 7.16. The zero-order valence-electron chi connectivity index (χ0n) is 17.0. The number of nitrogens with zero attached hydrogens (tertiary/aromatic N) is 1. The van der Waals surface area contributed by atoms with Gasteiger partial charge in [0.25, 0.3) is 0 Å². The molecule has 0 spiro atoms. The van der Waals surface area contributed by atoms with Crippen LogP contribution >= 0.6 is 15.9 Å². The molecule has 5 aliphatic rings. The Bertz CT molecular complexity index is 781. The van der Waals surface area contributed by atoms with E-state index < -0.39 is 0 Å². The van der Waals surface area contributed by atoms with Gasteiger partial charge in [0.05, 0.1) is 5.92 Å². The average Bonchev–Trinajstić information content (AvgIpc) is 2.66. The van der Waals surface area contributed by atoms with E-state index in [0.29, 0.717) is 13.0 Å². The minimum absolute atomic E-state index is 0.0444. The van der Waals surface area contributed by atoms with Crippen LogP contribution in [0.15, 0.2) is 30.3 Å². The summed E-state index contributed by atoms with van der Waals surface area (Å²) in [7, 11) is 0. The molecule has 5 fully saturated rings. The zero-order valence-corrected chi connectivity index (χ0v) is 18.6. The normalized spacial score (nSPS) is 38.1. The molecule has 4 saturated carbocycles. The minimum atomic E-state index is -0.105. The van der Waals surface area contributed by atoms with Crippen molar-refractivity contribution in [3.05, 3.63) is 30.3 Å². The molecule has 29 heavy (non-hydrogen) atoms. The first kappa shape index (κ1) is 19.6. The Balaban J connectivity index is 1.22. The smallest absolute Gasteiger partial charge is 0.229 e. The number of amides is 2. The van der Waals surface area contributed by atoms with Gasteiger partial charge in [0, 0.05) is 29.5 Å². The predicted octanol–water partition coefficient (Wildman–Crippen LogP) is 4.99. The Morgan fingerprint density at radius 1 is 1.10 bits per heavy atom. The second-order valence-corrected chi connectivity index (χ2v) is 12.0. The molecule has 4 bridgehead atoms. The van der Waals surface area contributed by atoms with Gasteiger partial charge in [-0.2, -0.15) is 0 Å². The van der Waals surface area contributed by atoms with E-state index in [-0.39, 0.29) is 27.5 Å². The molecule has 3 unspecified atom stereocenters. The van der Waals surface area contributed by atoms with Gasteiger partial charge >= 0.3 is 0 Å². The zero-order chi connectivity index (χ0) is 20.1. The number of likely N-dealkylation sites (tertiary alicyclic amines) is 1. The van der Waals surface area contributed by atoms with Crippen LogP contribution in [0.2, 0.25) is 0 Å². The van der Waals surface area contributed by atoms with Crippen LogP contribution in [0, 0.1) is 23.2 Å². The van der Waals surface area contributed by atoms with Crippen molar-refractivity contribution in [2.24, 2.45) is 23.2 Å². The van der Waals surface area contributed by atoms with E-state index in [0.717, 1.165) is 43.3 Å². The maximum atomic E-state index is 13.3. The SMILES string of the molecule is O=C(Nc1ccccc1)C1CCCN(C(=O)CC23CC4CC(CC(Br)(C4)C2)C3)C1. The third-order valence-electron chi connectivity index (χ3n) is 7.82. The fourth-order valence-corrected chi connectivity index (χ4v) is 8.67. The molecular formula is C24H31BrN2O2. The monoisotopic (exact) mass is 458 g/mol. The van der Waals surface area contributed by atoms with Crippen LogP contribution in [-0.4, -0.2) is 34.1 Å². The molecule has 1 aliphatic heterocycles. The van der Waals surface area contributed by atoms with Crippen LogP contribution in [-0.2, 0) is 9.59 Å². The Morgan fingerprint density at radius 3 is 2.52 bits per heavy atom. The second-order valence-electron chi connectivity index (χ2n) is 10.3. The van der Waals surface area contributed by atoms with E-state index in [2.05, 4.69) is 21.2 Å². The van der Waals surface area contributed by atoms with Crippen molar-refractivity contribution in [3.8, 4) is 0 Å². The number of benzene rings is 1. The summed E-state index contributed by atoms with van der Waals surface area (Å²) in [6.07, 6.45) is 10.0. The molecule has 1 saturated heterocycles. The summed E-state index contributed by atoms with van der Waals surface area (Å²) in [4.78, 5) is 28.0. The van der Waals surface area contributed by atoms with Crippen LogP contribution in [0.4, 0.5) is 5.69 Å². The van der Waals surface area contributed by atoms with E-state index in [9.17, 15) is 9.59 Å². The third kappa shape index (κ3) is 3.99. The lowest BCUT2D eigenvalue weighted by atomic mass is 9.48. The summed E-state index contributed by atoms with van der Waals surface area (Å²) in [6.45, 7) is 1.37. The quantitative estimate of drug-likeness (QED) is 0.646. The van der Waals surface area contributed by atoms with Crippen LogP contribution in [0.25, 0.3) is 0 Å². The van der Waals surface area contributed by atoms with Gasteiger partial charge in [-0.25, -0.2) is 0 Å². The molecule has 1 aromatic rings. The number of anilines is 1. The first-order valence-corrected chi connectivity index (χ1v) is 12.0. The molecule has 1 N–H and O–H groups in total. The van der Waals surface area contributed by atoms with Gasteiger partial charge in [0.2, 0.25) is 11.8 Å². The number of carbonyl (C=O) groups excluding carboxylic acids is 2. The van der Waals surface area contributed by atoms with Crippen LogP contribution < -0.4 is 5.32 Å². The largest absolute Gasteiger partial charge is 0.342 e. The molecule has 2 amide bonds. The van der Waals surface area contributed by atoms with Gasteiger partial charge in [0.1, 0.15) is 0 Å². The third-order valence-corrected chi connectivity index (χ3v) is 8.75. The van der Waals surface area contributed by atoms with Gasteiger partial charge in [0.15, 0.2) is 0 Å². The van der Waals surface area contributed by atoms with Gasteiger partial charge < -0.3 is 10.2 Å². The highest BCUT2D eigenvalue weighted by molar-refractivity contribution is 9.10.